The molecular weight excluding hydrogens is 799 g/mol. The van der Waals surface area contributed by atoms with E-state index in [9.17, 15) is 23.4 Å². The summed E-state index contributed by atoms with van der Waals surface area (Å²) >= 11 is 0. The van der Waals surface area contributed by atoms with Crippen LogP contribution in [0.3, 0.4) is 0 Å². The second-order valence-electron chi connectivity index (χ2n) is 16.1. The first-order chi connectivity index (χ1) is 30.0. The van der Waals surface area contributed by atoms with Crippen molar-refractivity contribution in [3.63, 3.8) is 0 Å². The fraction of sp³-hybridized carbons (Fsp3) is 0.275. The number of benzene rings is 6. The number of hydrogen-bond acceptors (Lipinski definition) is 8. The van der Waals surface area contributed by atoms with E-state index >= 15 is 0 Å². The third-order valence-electron chi connectivity index (χ3n) is 11.6. The number of aliphatic hydroxyl groups excluding tert-OH is 2. The topological polar surface area (TPSA) is 137 Å². The molecule has 10 nitrogen and oxygen atoms in total. The Bertz CT molecular complexity index is 2470. The quantitative estimate of drug-likeness (QED) is 0.0726. The fourth-order valence-electron chi connectivity index (χ4n) is 7.78. The third-order valence-corrected chi connectivity index (χ3v) is 13.1. The van der Waals surface area contributed by atoms with E-state index in [0.717, 1.165) is 50.1 Å². The molecule has 4 N–H and O–H groups in total. The SMILES string of the molecule is Cc1ccc(S(=O)(=O)NC(Cc2ccccc2)C(=O)NCc2ccccc2-c2ccc(C3OC(CN(C)C(C)C(O)c4ccccc4)CC(c4ccc(CO)cc4)O3)cc2)cc1. The molecule has 0 aromatic heterocycles. The molecule has 11 heteroatoms. The van der Waals surface area contributed by atoms with Gasteiger partial charge in [-0.25, -0.2) is 8.42 Å². The molecule has 1 aliphatic rings. The fourth-order valence-corrected chi connectivity index (χ4v) is 8.98. The lowest BCUT2D eigenvalue weighted by atomic mass is 9.97. The van der Waals surface area contributed by atoms with E-state index in [2.05, 4.69) is 14.9 Å². The summed E-state index contributed by atoms with van der Waals surface area (Å²) in [5.41, 5.74) is 7.96. The predicted octanol–water partition coefficient (Wildman–Crippen LogP) is 7.96. The Labute approximate surface area is 365 Å². The predicted molar refractivity (Wildman–Crippen MR) is 241 cm³/mol. The number of rotatable bonds is 17. The van der Waals surface area contributed by atoms with E-state index < -0.39 is 34.4 Å². The van der Waals surface area contributed by atoms with E-state index in [4.69, 9.17) is 9.47 Å². The van der Waals surface area contributed by atoms with Crippen LogP contribution in [-0.2, 0) is 43.9 Å². The molecule has 0 radical (unpaired) electrons. The van der Waals surface area contributed by atoms with Crippen LogP contribution in [0.4, 0.5) is 0 Å². The van der Waals surface area contributed by atoms with Gasteiger partial charge in [0.2, 0.25) is 15.9 Å². The summed E-state index contributed by atoms with van der Waals surface area (Å²) in [6.07, 6.45) is -1.06. The maximum atomic E-state index is 13.8. The van der Waals surface area contributed by atoms with Gasteiger partial charge in [-0.05, 0) is 78.4 Å². The van der Waals surface area contributed by atoms with Gasteiger partial charge in [-0.1, -0.05) is 151 Å². The second-order valence-corrected chi connectivity index (χ2v) is 17.8. The van der Waals surface area contributed by atoms with Crippen molar-refractivity contribution >= 4 is 15.9 Å². The number of aryl methyl sites for hydroxylation is 1. The number of likely N-dealkylation sites (N-methyl/N-ethyl adjacent to an activating group) is 1. The van der Waals surface area contributed by atoms with Gasteiger partial charge in [-0.3, -0.25) is 9.69 Å². The largest absolute Gasteiger partial charge is 0.392 e. The van der Waals surface area contributed by atoms with E-state index in [1.54, 1.807) is 12.1 Å². The van der Waals surface area contributed by atoms with Crippen LogP contribution in [0.25, 0.3) is 11.1 Å². The van der Waals surface area contributed by atoms with Gasteiger partial charge in [0.15, 0.2) is 6.29 Å². The van der Waals surface area contributed by atoms with Crippen LogP contribution in [0, 0.1) is 6.92 Å². The van der Waals surface area contributed by atoms with Gasteiger partial charge in [-0.2, -0.15) is 4.72 Å². The maximum Gasteiger partial charge on any atom is 0.241 e. The summed E-state index contributed by atoms with van der Waals surface area (Å²) in [5.74, 6) is -0.439. The summed E-state index contributed by atoms with van der Waals surface area (Å²) in [6.45, 7) is 4.59. The molecule has 1 amide bonds. The lowest BCUT2D eigenvalue weighted by molar-refractivity contribution is -0.253. The Morgan fingerprint density at radius 3 is 2.08 bits per heavy atom. The molecule has 7 rings (SSSR count). The van der Waals surface area contributed by atoms with Gasteiger partial charge in [0, 0.05) is 31.1 Å². The molecule has 0 bridgehead atoms. The number of nitrogens with one attached hydrogen (secondary N) is 2. The number of sulfonamides is 1. The maximum absolute atomic E-state index is 13.8. The standard InChI is InChI=1S/C51H55N3O7S/c1-35-18-28-45(29-19-35)62(58,59)53-47(30-37-12-6-4-7-13-37)50(57)52-32-43-16-10-11-17-46(43)39-24-26-42(27-25-39)51-60-44(31-48(61-51)40-22-20-38(34-55)21-23-40)33-54(3)36(2)49(56)41-14-8-5-9-15-41/h4-29,36,44,47-49,51,53,55-56H,30-34H2,1-3H3,(H,52,57). The van der Waals surface area contributed by atoms with Crippen LogP contribution in [0.2, 0.25) is 0 Å². The zero-order chi connectivity index (χ0) is 43.6. The van der Waals surface area contributed by atoms with Crippen LogP contribution in [-0.4, -0.2) is 61.2 Å². The van der Waals surface area contributed by atoms with Crippen LogP contribution >= 0.6 is 0 Å². The van der Waals surface area contributed by atoms with Crippen molar-refractivity contribution in [3.8, 4) is 11.1 Å². The average molecular weight is 854 g/mol. The van der Waals surface area contributed by atoms with Crippen LogP contribution in [0.15, 0.2) is 163 Å². The monoisotopic (exact) mass is 853 g/mol. The van der Waals surface area contributed by atoms with Crippen molar-refractivity contribution in [3.05, 3.63) is 197 Å². The normalized spacial score (nSPS) is 18.2. The molecule has 0 saturated carbocycles. The van der Waals surface area contributed by atoms with E-state index in [1.165, 1.54) is 12.1 Å². The number of carbonyl (C=O) groups excluding carboxylic acids is 1. The highest BCUT2D eigenvalue weighted by molar-refractivity contribution is 7.89. The van der Waals surface area contributed by atoms with Gasteiger partial charge in [0.05, 0.1) is 29.8 Å². The molecule has 1 aliphatic heterocycles. The minimum Gasteiger partial charge on any atom is -0.392 e. The number of aliphatic hydroxyl groups is 2. The summed E-state index contributed by atoms with van der Waals surface area (Å²) < 4.78 is 42.9. The highest BCUT2D eigenvalue weighted by Gasteiger charge is 2.34. The molecule has 1 heterocycles. The van der Waals surface area contributed by atoms with Crippen LogP contribution < -0.4 is 10.0 Å². The molecular formula is C51H55N3O7S. The van der Waals surface area contributed by atoms with Crippen LogP contribution in [0.1, 0.15) is 70.8 Å². The van der Waals surface area contributed by atoms with Crippen molar-refractivity contribution in [1.82, 2.24) is 14.9 Å². The van der Waals surface area contributed by atoms with Crippen molar-refractivity contribution in [2.45, 2.75) is 81.4 Å². The molecule has 6 atom stereocenters. The smallest absolute Gasteiger partial charge is 0.241 e. The minimum atomic E-state index is -3.99. The molecule has 6 aromatic carbocycles. The van der Waals surface area contributed by atoms with Gasteiger partial charge < -0.3 is 25.0 Å². The third kappa shape index (κ3) is 11.3. The summed E-state index contributed by atoms with van der Waals surface area (Å²) in [5, 5.41) is 23.9. The Balaban J connectivity index is 1.07. The number of hydrogen-bond donors (Lipinski definition) is 4. The summed E-state index contributed by atoms with van der Waals surface area (Å²) in [7, 11) is -1.99. The lowest BCUT2D eigenvalue weighted by Crippen LogP contribution is -2.47. The van der Waals surface area contributed by atoms with Crippen molar-refractivity contribution in [1.29, 1.82) is 0 Å². The van der Waals surface area contributed by atoms with Gasteiger partial charge in [-0.15, -0.1) is 0 Å². The van der Waals surface area contributed by atoms with E-state index in [1.807, 2.05) is 154 Å². The van der Waals surface area contributed by atoms with Crippen molar-refractivity contribution in [2.24, 2.45) is 0 Å². The summed E-state index contributed by atoms with van der Waals surface area (Å²) in [6, 6.07) is 47.9. The zero-order valence-electron chi connectivity index (χ0n) is 35.3. The second kappa shape index (κ2) is 20.6. The first kappa shape index (κ1) is 44.6. The number of nitrogens with zero attached hydrogens (tertiary/aromatic N) is 1. The molecule has 62 heavy (non-hydrogen) atoms. The Hall–Kier alpha value is -5.50. The lowest BCUT2D eigenvalue weighted by Gasteiger charge is -2.39. The zero-order valence-corrected chi connectivity index (χ0v) is 36.1. The van der Waals surface area contributed by atoms with Crippen molar-refractivity contribution in [2.75, 3.05) is 13.6 Å². The molecule has 1 fully saturated rings. The van der Waals surface area contributed by atoms with E-state index in [-0.39, 0.29) is 42.7 Å². The first-order valence-corrected chi connectivity index (χ1v) is 22.5. The highest BCUT2D eigenvalue weighted by Crippen LogP contribution is 2.39. The molecule has 6 unspecified atom stereocenters. The average Bonchev–Trinajstić information content (AvgIpc) is 3.30. The molecule has 6 aromatic rings. The molecule has 1 saturated heterocycles. The Morgan fingerprint density at radius 2 is 1.40 bits per heavy atom. The van der Waals surface area contributed by atoms with Gasteiger partial charge in [0.1, 0.15) is 6.04 Å². The number of ether oxygens (including phenoxy) is 2. The summed E-state index contributed by atoms with van der Waals surface area (Å²) in [4.78, 5) is 16.1. The molecule has 0 spiro atoms. The number of amides is 1. The molecule has 0 aliphatic carbocycles. The van der Waals surface area contributed by atoms with Crippen molar-refractivity contribution < 1.29 is 32.9 Å². The first-order valence-electron chi connectivity index (χ1n) is 21.0. The Kier molecular flexibility index (Phi) is 14.8. The number of carbonyl (C=O) groups is 1. The molecule has 322 valence electrons. The highest BCUT2D eigenvalue weighted by atomic mass is 32.2. The van der Waals surface area contributed by atoms with Gasteiger partial charge in [0.25, 0.3) is 0 Å². The van der Waals surface area contributed by atoms with Crippen LogP contribution in [0.5, 0.6) is 0 Å². The Morgan fingerprint density at radius 1 is 0.774 bits per heavy atom. The van der Waals surface area contributed by atoms with Gasteiger partial charge >= 0.3 is 0 Å². The minimum absolute atomic E-state index is 0.0424. The van der Waals surface area contributed by atoms with E-state index in [0.29, 0.717) is 13.0 Å².